The Labute approximate surface area is 242 Å². The average Bonchev–Trinajstić information content (AvgIpc) is 3.21. The third kappa shape index (κ3) is 4.10. The second kappa shape index (κ2) is 10.9. The molecule has 0 fully saturated rings. The van der Waals surface area contributed by atoms with Crippen LogP contribution in [-0.4, -0.2) is 49.3 Å². The van der Waals surface area contributed by atoms with Crippen LogP contribution >= 0.6 is 0 Å². The molecular formula is C31H31N3O8. The van der Waals surface area contributed by atoms with E-state index in [9.17, 15) is 24.5 Å². The van der Waals surface area contributed by atoms with Crippen LogP contribution < -0.4 is 9.80 Å². The minimum atomic E-state index is -2.02. The smallest absolute Gasteiger partial charge is 0.339 e. The molecule has 2 aromatic rings. The molecule has 0 N–H and O–H groups in total. The molecule has 218 valence electrons. The number of nitrogens with zero attached hydrogens (tertiary/aromatic N) is 3. The van der Waals surface area contributed by atoms with Crippen molar-refractivity contribution in [3.8, 4) is 0 Å². The standard InChI is InChI=1S/C31H31N3O8/c1-5-6-15-32-22-14-13-18(2)16-21(22)31(30(32)38)27(29(37)42-4)26(28(36)41-3)25-23(11-8-12-24(25)35)33(31)19-9-7-10-20(17-19)34(39)40/h7,9-10,13-14,16-17H,5-6,8,11-12,15H2,1-4H3. The van der Waals surface area contributed by atoms with Crippen LogP contribution in [0.4, 0.5) is 17.1 Å². The SMILES string of the molecule is CCCCN1C(=O)C2(C(C(=O)OC)=C(C(=O)OC)C3=C(CCCC3=O)N2c2cccc([N+](=O)[O-])c2)c2cc(C)ccc21. The Morgan fingerprint density at radius 3 is 2.45 bits per heavy atom. The molecule has 5 rings (SSSR count). The molecule has 1 spiro atoms. The van der Waals surface area contributed by atoms with Crippen LogP contribution in [0, 0.1) is 17.0 Å². The molecular weight excluding hydrogens is 542 g/mol. The van der Waals surface area contributed by atoms with Crippen molar-refractivity contribution in [2.45, 2.75) is 51.5 Å². The zero-order valence-corrected chi connectivity index (χ0v) is 23.9. The Morgan fingerprint density at radius 2 is 1.79 bits per heavy atom. The number of amides is 1. The van der Waals surface area contributed by atoms with Gasteiger partial charge in [0.25, 0.3) is 11.6 Å². The summed E-state index contributed by atoms with van der Waals surface area (Å²) in [6.45, 7) is 4.15. The fourth-order valence-electron chi connectivity index (χ4n) is 6.30. The first kappa shape index (κ1) is 28.7. The highest BCUT2D eigenvalue weighted by Gasteiger charge is 2.64. The summed E-state index contributed by atoms with van der Waals surface area (Å²) in [7, 11) is 2.27. The van der Waals surface area contributed by atoms with Gasteiger partial charge >= 0.3 is 11.9 Å². The van der Waals surface area contributed by atoms with E-state index in [2.05, 4.69) is 0 Å². The Balaban J connectivity index is 2.01. The molecule has 0 radical (unpaired) electrons. The van der Waals surface area contributed by atoms with Gasteiger partial charge in [-0.25, -0.2) is 9.59 Å². The summed E-state index contributed by atoms with van der Waals surface area (Å²) in [5, 5.41) is 11.9. The quantitative estimate of drug-likeness (QED) is 0.268. The number of anilines is 2. The summed E-state index contributed by atoms with van der Waals surface area (Å²) in [5.41, 5.74) is -0.720. The zero-order chi connectivity index (χ0) is 30.3. The summed E-state index contributed by atoms with van der Waals surface area (Å²) in [6, 6.07) is 11.1. The van der Waals surface area contributed by atoms with Crippen molar-refractivity contribution in [3.63, 3.8) is 0 Å². The van der Waals surface area contributed by atoms with E-state index in [1.54, 1.807) is 28.0 Å². The van der Waals surface area contributed by atoms with E-state index in [-0.39, 0.29) is 40.9 Å². The van der Waals surface area contributed by atoms with Gasteiger partial charge in [-0.05, 0) is 38.3 Å². The van der Waals surface area contributed by atoms with Crippen LogP contribution in [0.25, 0.3) is 0 Å². The number of non-ortho nitro benzene ring substituents is 1. The summed E-state index contributed by atoms with van der Waals surface area (Å²) < 4.78 is 10.3. The number of unbranched alkanes of at least 4 members (excludes halogenated alkanes) is 1. The number of ether oxygens (including phenoxy) is 2. The highest BCUT2D eigenvalue weighted by Crippen LogP contribution is 2.57. The van der Waals surface area contributed by atoms with E-state index in [4.69, 9.17) is 9.47 Å². The van der Waals surface area contributed by atoms with Crippen molar-refractivity contribution in [3.05, 3.63) is 86.1 Å². The van der Waals surface area contributed by atoms with Gasteiger partial charge in [0.2, 0.25) is 0 Å². The lowest BCUT2D eigenvalue weighted by Gasteiger charge is -2.48. The molecule has 1 atom stereocenters. The second-order valence-electron chi connectivity index (χ2n) is 10.5. The van der Waals surface area contributed by atoms with Crippen LogP contribution in [0.15, 0.2) is 64.9 Å². The van der Waals surface area contributed by atoms with E-state index < -0.39 is 34.1 Å². The van der Waals surface area contributed by atoms with E-state index in [0.717, 1.165) is 26.2 Å². The maximum Gasteiger partial charge on any atom is 0.339 e. The topological polar surface area (TPSA) is 136 Å². The molecule has 11 heteroatoms. The first-order valence-corrected chi connectivity index (χ1v) is 13.8. The number of ketones is 1. The molecule has 2 heterocycles. The first-order valence-electron chi connectivity index (χ1n) is 13.8. The number of benzene rings is 2. The van der Waals surface area contributed by atoms with Gasteiger partial charge in [0.15, 0.2) is 11.3 Å². The Morgan fingerprint density at radius 1 is 1.05 bits per heavy atom. The lowest BCUT2D eigenvalue weighted by molar-refractivity contribution is -0.384. The third-order valence-corrected chi connectivity index (χ3v) is 8.05. The van der Waals surface area contributed by atoms with Gasteiger partial charge < -0.3 is 19.3 Å². The normalized spacial score (nSPS) is 19.7. The number of carbonyl (C=O) groups excluding carboxylic acids is 4. The van der Waals surface area contributed by atoms with Crippen LogP contribution in [0.3, 0.4) is 0 Å². The van der Waals surface area contributed by atoms with E-state index in [0.29, 0.717) is 36.3 Å². The summed E-state index contributed by atoms with van der Waals surface area (Å²) in [6.07, 6.45) is 2.22. The maximum atomic E-state index is 15.1. The molecule has 1 aliphatic carbocycles. The summed E-state index contributed by atoms with van der Waals surface area (Å²) in [5.74, 6) is -2.88. The fraction of sp³-hybridized carbons (Fsp3) is 0.355. The molecule has 0 saturated carbocycles. The maximum absolute atomic E-state index is 15.1. The highest BCUT2D eigenvalue weighted by molar-refractivity contribution is 6.24. The number of hydrogen-bond acceptors (Lipinski definition) is 9. The second-order valence-corrected chi connectivity index (χ2v) is 10.5. The van der Waals surface area contributed by atoms with Gasteiger partial charge in [-0.1, -0.05) is 37.1 Å². The third-order valence-electron chi connectivity index (χ3n) is 8.05. The number of carbonyl (C=O) groups is 4. The molecule has 0 saturated heterocycles. The minimum absolute atomic E-state index is 0.0420. The van der Waals surface area contributed by atoms with Crippen LogP contribution in [0.1, 0.15) is 50.2 Å². The van der Waals surface area contributed by atoms with E-state index in [1.165, 1.54) is 18.2 Å². The number of hydrogen-bond donors (Lipinski definition) is 0. The lowest BCUT2D eigenvalue weighted by atomic mass is 9.71. The molecule has 0 aromatic heterocycles. The van der Waals surface area contributed by atoms with Crippen molar-refractivity contribution in [2.24, 2.45) is 0 Å². The lowest BCUT2D eigenvalue weighted by Crippen LogP contribution is -2.59. The predicted octanol–water partition coefficient (Wildman–Crippen LogP) is 4.42. The van der Waals surface area contributed by atoms with Crippen molar-refractivity contribution in [2.75, 3.05) is 30.6 Å². The van der Waals surface area contributed by atoms with Crippen LogP contribution in [-0.2, 0) is 34.2 Å². The van der Waals surface area contributed by atoms with Gasteiger partial charge in [-0.2, -0.15) is 0 Å². The average molecular weight is 574 g/mol. The van der Waals surface area contributed by atoms with Crippen molar-refractivity contribution >= 4 is 40.7 Å². The largest absolute Gasteiger partial charge is 0.466 e. The Kier molecular flexibility index (Phi) is 7.44. The number of esters is 2. The number of Topliss-reactive ketones (excluding diaryl/α,β-unsaturated/α-hetero) is 1. The molecule has 3 aliphatic rings. The highest BCUT2D eigenvalue weighted by atomic mass is 16.6. The van der Waals surface area contributed by atoms with Gasteiger partial charge in [-0.15, -0.1) is 0 Å². The van der Waals surface area contributed by atoms with Crippen LogP contribution in [0.2, 0.25) is 0 Å². The molecule has 2 aliphatic heterocycles. The summed E-state index contributed by atoms with van der Waals surface area (Å²) in [4.78, 5) is 70.5. The fourth-order valence-corrected chi connectivity index (χ4v) is 6.30. The van der Waals surface area contributed by atoms with Crippen molar-refractivity contribution in [1.29, 1.82) is 0 Å². The number of allylic oxidation sites excluding steroid dienone is 1. The van der Waals surface area contributed by atoms with Crippen molar-refractivity contribution in [1.82, 2.24) is 0 Å². The molecule has 0 bridgehead atoms. The Bertz CT molecular complexity index is 1610. The van der Waals surface area contributed by atoms with Crippen LogP contribution in [0.5, 0.6) is 0 Å². The number of fused-ring (bicyclic) bond motifs is 2. The van der Waals surface area contributed by atoms with E-state index >= 15 is 4.79 Å². The monoisotopic (exact) mass is 573 g/mol. The van der Waals surface area contributed by atoms with Gasteiger partial charge in [0.05, 0.1) is 41.5 Å². The number of nitro groups is 1. The molecule has 2 aromatic carbocycles. The number of aryl methyl sites for hydroxylation is 1. The number of methoxy groups -OCH3 is 2. The zero-order valence-electron chi connectivity index (χ0n) is 23.9. The number of nitro benzene ring substituents is 1. The Hall–Kier alpha value is -4.80. The predicted molar refractivity (Wildman–Crippen MR) is 153 cm³/mol. The molecule has 11 nitrogen and oxygen atoms in total. The molecule has 42 heavy (non-hydrogen) atoms. The number of rotatable bonds is 7. The van der Waals surface area contributed by atoms with Gasteiger partial charge in [0.1, 0.15) is 0 Å². The summed E-state index contributed by atoms with van der Waals surface area (Å²) >= 11 is 0. The van der Waals surface area contributed by atoms with E-state index in [1.807, 2.05) is 19.9 Å². The van der Waals surface area contributed by atoms with Gasteiger partial charge in [0, 0.05) is 42.0 Å². The minimum Gasteiger partial charge on any atom is -0.466 e. The first-order chi connectivity index (χ1) is 20.1. The molecule has 1 unspecified atom stereocenters. The van der Waals surface area contributed by atoms with Crippen molar-refractivity contribution < 1.29 is 33.6 Å². The van der Waals surface area contributed by atoms with Gasteiger partial charge in [-0.3, -0.25) is 19.7 Å². The molecule has 1 amide bonds.